The first-order valence-electron chi connectivity index (χ1n) is 50.2. The molecule has 1 saturated carbocycles. The van der Waals surface area contributed by atoms with Gasteiger partial charge in [0, 0.05) is 164 Å². The van der Waals surface area contributed by atoms with E-state index in [0.29, 0.717) is 46.4 Å². The van der Waals surface area contributed by atoms with Crippen molar-refractivity contribution < 1.29 is 36.7 Å². The molecule has 4 amide bonds. The molecule has 24 rings (SSSR count). The molecule has 0 bridgehead atoms. The van der Waals surface area contributed by atoms with Crippen LogP contribution < -0.4 is 19.6 Å². The summed E-state index contributed by atoms with van der Waals surface area (Å²) in [5, 5.41) is 16.7. The SMILES string of the molecule is CN1CCC(N2CCC3(CC2)C(=O)N(Cc2ccc(-c4cnn(C)c4)cc2F)c2ccccc23)C1.Cn1cc(-c2ccc(CN3C(=O)C4(CCN(C5CCCCCC5)C4)c4ccccc43)c(F)c2)cn1.Cn1cc(-c2ccc(CN3C(=O)C4(CCN(C5CCSCC5)C4)c4ccccc43)c(F)c2)cn1.Cn1cc(-c2ccc(CN3C(=O)C4(CCN(C5CCSCC5)CC4)c4ccccc43)c(F)c2)cn1. The van der Waals surface area contributed by atoms with Crippen molar-refractivity contribution in [1.29, 1.82) is 0 Å². The van der Waals surface area contributed by atoms with E-state index in [2.05, 4.69) is 88.0 Å². The summed E-state index contributed by atoms with van der Waals surface area (Å²) in [6, 6.07) is 56.1. The third-order valence-corrected chi connectivity index (χ3v) is 34.8. The summed E-state index contributed by atoms with van der Waals surface area (Å²) >= 11 is 4.09. The molecule has 7 saturated heterocycles. The fourth-order valence-corrected chi connectivity index (χ4v) is 27.1. The van der Waals surface area contributed by atoms with Gasteiger partial charge >= 0.3 is 0 Å². The third-order valence-electron chi connectivity index (χ3n) is 32.7. The molecule has 722 valence electrons. The van der Waals surface area contributed by atoms with E-state index in [1.807, 2.05) is 194 Å². The lowest BCUT2D eigenvalue weighted by atomic mass is 9.73. The summed E-state index contributed by atoms with van der Waals surface area (Å²) < 4.78 is 67.7. The zero-order valence-electron chi connectivity index (χ0n) is 80.4. The van der Waals surface area contributed by atoms with E-state index in [-0.39, 0.29) is 73.1 Å². The molecule has 21 nitrogen and oxygen atoms in total. The van der Waals surface area contributed by atoms with E-state index in [0.717, 1.165) is 193 Å². The van der Waals surface area contributed by atoms with Gasteiger partial charge in [-0.15, -0.1) is 0 Å². The Hall–Kier alpha value is -11.3. The fraction of sp³-hybridized carbons (Fsp3) is 0.429. The molecule has 15 heterocycles. The zero-order chi connectivity index (χ0) is 95.4. The number of para-hydroxylation sites is 4. The number of aromatic nitrogens is 8. The number of carbonyl (C=O) groups excluding carboxylic acids is 4. The second-order valence-corrected chi connectivity index (χ2v) is 43.3. The summed E-state index contributed by atoms with van der Waals surface area (Å²) in [7, 11) is 9.57. The number of aryl methyl sites for hydroxylation is 4. The number of hydrogen-bond acceptors (Lipinski definition) is 15. The molecule has 8 aromatic carbocycles. The van der Waals surface area contributed by atoms with Crippen molar-refractivity contribution in [3.63, 3.8) is 0 Å². The van der Waals surface area contributed by atoms with Gasteiger partial charge in [0.05, 0.1) is 72.6 Å². The maximum atomic E-state index is 15.2. The van der Waals surface area contributed by atoms with Crippen LogP contribution in [0.15, 0.2) is 219 Å². The molecule has 3 atom stereocenters. The molecule has 4 aromatic heterocycles. The number of likely N-dealkylation sites (tertiary alicyclic amines) is 5. The molecule has 0 radical (unpaired) electrons. The number of likely N-dealkylation sites (N-methyl/N-ethyl adjacent to an activating group) is 1. The molecule has 139 heavy (non-hydrogen) atoms. The number of carbonyl (C=O) groups is 4. The Kier molecular flexibility index (Phi) is 26.8. The van der Waals surface area contributed by atoms with Crippen LogP contribution in [0.5, 0.6) is 0 Å². The predicted molar refractivity (Wildman–Crippen MR) is 544 cm³/mol. The van der Waals surface area contributed by atoms with Crippen LogP contribution in [0.25, 0.3) is 44.5 Å². The van der Waals surface area contributed by atoms with E-state index in [9.17, 15) is 19.2 Å². The highest BCUT2D eigenvalue weighted by molar-refractivity contribution is 7.99. The Morgan fingerprint density at radius 2 is 0.576 bits per heavy atom. The van der Waals surface area contributed by atoms with Gasteiger partial charge < -0.3 is 29.4 Å². The topological polar surface area (TPSA) is 169 Å². The van der Waals surface area contributed by atoms with Gasteiger partial charge in [-0.25, -0.2) is 17.6 Å². The number of anilines is 4. The van der Waals surface area contributed by atoms with Crippen LogP contribution in [-0.4, -0.2) is 207 Å². The molecular weight excluding hydrogens is 1790 g/mol. The molecule has 27 heteroatoms. The van der Waals surface area contributed by atoms with Crippen LogP contribution in [-0.2, 0) is 95.2 Å². The van der Waals surface area contributed by atoms with Crippen molar-refractivity contribution in [3.05, 3.63) is 287 Å². The Labute approximate surface area is 821 Å². The van der Waals surface area contributed by atoms with E-state index in [1.165, 1.54) is 93.6 Å². The lowest BCUT2D eigenvalue weighted by Gasteiger charge is -2.43. The third kappa shape index (κ3) is 18.2. The molecule has 12 aromatic rings. The van der Waals surface area contributed by atoms with Crippen LogP contribution in [0.2, 0.25) is 0 Å². The second kappa shape index (κ2) is 39.6. The number of halogens is 4. The molecule has 4 spiro atoms. The average Bonchev–Trinajstić information content (AvgIpc) is 1.56. The highest BCUT2D eigenvalue weighted by Crippen LogP contribution is 2.55. The van der Waals surface area contributed by atoms with E-state index in [1.54, 1.807) is 79.9 Å². The summed E-state index contributed by atoms with van der Waals surface area (Å²) in [6.07, 6.45) is 33.3. The molecule has 8 fully saturated rings. The number of piperidine rings is 2. The number of hydrogen-bond donors (Lipinski definition) is 0. The van der Waals surface area contributed by atoms with E-state index < -0.39 is 21.7 Å². The Bertz CT molecular complexity index is 6350. The first-order chi connectivity index (χ1) is 67.6. The lowest BCUT2D eigenvalue weighted by Crippen LogP contribution is -2.51. The van der Waals surface area contributed by atoms with Crippen LogP contribution >= 0.6 is 23.5 Å². The quantitative estimate of drug-likeness (QED) is 0.0661. The van der Waals surface area contributed by atoms with Gasteiger partial charge in [0.25, 0.3) is 0 Å². The maximum Gasteiger partial charge on any atom is 0.239 e. The van der Waals surface area contributed by atoms with Gasteiger partial charge in [0.15, 0.2) is 0 Å². The minimum absolute atomic E-state index is 0.122. The fourth-order valence-electron chi connectivity index (χ4n) is 24.9. The van der Waals surface area contributed by atoms with Crippen molar-refractivity contribution in [2.45, 2.75) is 181 Å². The van der Waals surface area contributed by atoms with Crippen LogP contribution in [0.1, 0.15) is 154 Å². The van der Waals surface area contributed by atoms with E-state index in [4.69, 9.17) is 0 Å². The Balaban J connectivity index is 0.000000110. The molecule has 1 aliphatic carbocycles. The van der Waals surface area contributed by atoms with Crippen LogP contribution in [0.3, 0.4) is 0 Å². The minimum atomic E-state index is -0.507. The van der Waals surface area contributed by atoms with Crippen molar-refractivity contribution in [2.75, 3.05) is 115 Å². The Morgan fingerprint density at radius 1 is 0.302 bits per heavy atom. The number of nitrogens with zero attached hydrogens (tertiary/aromatic N) is 17. The molecule has 3 unspecified atom stereocenters. The number of fused-ring (bicyclic) bond motifs is 8. The monoisotopic (exact) mass is 1910 g/mol. The molecule has 11 aliphatic heterocycles. The number of thioether (sulfide) groups is 2. The first-order valence-corrected chi connectivity index (χ1v) is 52.5. The smallest absolute Gasteiger partial charge is 0.239 e. The number of benzene rings is 8. The van der Waals surface area contributed by atoms with Gasteiger partial charge in [-0.05, 0) is 252 Å². The van der Waals surface area contributed by atoms with Gasteiger partial charge in [0.2, 0.25) is 23.6 Å². The lowest BCUT2D eigenvalue weighted by molar-refractivity contribution is -0.126. The highest BCUT2D eigenvalue weighted by atomic mass is 32.2. The van der Waals surface area contributed by atoms with Crippen molar-refractivity contribution in [2.24, 2.45) is 28.2 Å². The minimum Gasteiger partial charge on any atom is -0.307 e. The van der Waals surface area contributed by atoms with Crippen molar-refractivity contribution in [3.8, 4) is 44.5 Å². The summed E-state index contributed by atoms with van der Waals surface area (Å²) in [5.41, 5.74) is 15.0. The van der Waals surface area contributed by atoms with Gasteiger partial charge in [-0.2, -0.15) is 43.9 Å². The standard InChI is InChI=1S/C29H33FN4O.C28H32FN5O.C28H31FN4OS.C27H29FN4OS/c1-32-18-23(17-31-32)21-12-13-22(26(30)16-21)19-34-27-11-7-6-10-25(27)29(28(34)35)14-15-33(20-29)24-8-4-2-3-5-9-24;1-31-12-9-23(19-31)33-13-10-28(11-14-33)24-5-3-4-6-26(24)34(27(28)35)18-21-8-7-20(15-25(21)29)22-16-30-32(2)17-22;1-31-18-22(17-30-31)20-6-7-21(25(29)16-20)19-33-26-5-3-2-4-24(26)28(27(33)34)10-12-32(13-11-28)23-8-14-35-15-9-23;1-30-16-21(15-29-30)19-6-7-20(24(28)14-19)17-32-25-5-3-2-4-23(25)27(26(32)33)10-11-31(18-27)22-8-12-34-13-9-22/h6-7,10-13,16-18,24H,2-5,8-9,14-15,19-20H2,1H3;3-8,15-17,23H,9-14,18-19H2,1-2H3;2-7,16-18,23H,8-15,19H2,1H3;2-7,14-16,22H,8-13,17-18H2,1H3. The summed E-state index contributed by atoms with van der Waals surface area (Å²) in [4.78, 5) is 76.0. The normalized spacial score (nSPS) is 22.3. The number of rotatable bonds is 16. The zero-order valence-corrected chi connectivity index (χ0v) is 82.0. The van der Waals surface area contributed by atoms with Crippen molar-refractivity contribution in [1.82, 2.24) is 63.6 Å². The molecule has 12 aliphatic rings. The van der Waals surface area contributed by atoms with Gasteiger partial charge in [-0.1, -0.05) is 147 Å². The predicted octanol–water partition coefficient (Wildman–Crippen LogP) is 18.9. The van der Waals surface area contributed by atoms with Gasteiger partial charge in [0.1, 0.15) is 23.3 Å². The largest absolute Gasteiger partial charge is 0.307 e. The molecular formula is C112H125F4N17O4S2. The Morgan fingerprint density at radius 3 is 0.871 bits per heavy atom. The summed E-state index contributed by atoms with van der Waals surface area (Å²) in [6.45, 7) is 10.5. The molecule has 0 N–H and O–H groups in total. The summed E-state index contributed by atoms with van der Waals surface area (Å²) in [5.74, 6) is 4.25. The van der Waals surface area contributed by atoms with E-state index >= 15 is 17.6 Å². The first kappa shape index (κ1) is 94.0. The van der Waals surface area contributed by atoms with Gasteiger partial charge in [-0.3, -0.25) is 52.6 Å². The second-order valence-electron chi connectivity index (χ2n) is 40.8. The van der Waals surface area contributed by atoms with Crippen LogP contribution in [0, 0.1) is 23.3 Å². The average molecular weight is 1910 g/mol. The van der Waals surface area contributed by atoms with Crippen molar-refractivity contribution >= 4 is 69.9 Å². The maximum absolute atomic E-state index is 15.2. The van der Waals surface area contributed by atoms with Crippen LogP contribution in [0.4, 0.5) is 40.3 Å². The highest BCUT2D eigenvalue weighted by Gasteiger charge is 2.59. The number of amides is 4.